The molecule has 0 saturated carbocycles. The molecule has 2 unspecified atom stereocenters. The zero-order chi connectivity index (χ0) is 38.3. The Morgan fingerprint density at radius 2 is 1.35 bits per heavy atom. The van der Waals surface area contributed by atoms with Crippen molar-refractivity contribution in [3.8, 4) is 0 Å². The summed E-state index contributed by atoms with van der Waals surface area (Å²) < 4.78 is 56.3. The van der Waals surface area contributed by atoms with Gasteiger partial charge in [0, 0.05) is 31.1 Å². The largest absolute Gasteiger partial charge is 0.309 e. The van der Waals surface area contributed by atoms with E-state index < -0.39 is 33.0 Å². The Morgan fingerprint density at radius 1 is 0.745 bits per heavy atom. The van der Waals surface area contributed by atoms with Crippen LogP contribution in [0.5, 0.6) is 0 Å². The van der Waals surface area contributed by atoms with Gasteiger partial charge in [-0.2, -0.15) is 10.2 Å². The number of nitrogens with one attached hydrogen (secondary N) is 2. The Morgan fingerprint density at radius 3 is 1.98 bits per heavy atom. The zero-order valence-electron chi connectivity index (χ0n) is 30.0. The number of rotatable bonds is 3. The molecule has 14 heteroatoms. The van der Waals surface area contributed by atoms with Crippen molar-refractivity contribution in [3.05, 3.63) is 142 Å². The summed E-state index contributed by atoms with van der Waals surface area (Å²) in [5, 5.41) is 19.2. The molecule has 8 nitrogen and oxygen atoms in total. The average Bonchev–Trinajstić information content (AvgIpc) is 3.77. The number of hydrazone groups is 2. The first-order valence-electron chi connectivity index (χ1n) is 18.3. The van der Waals surface area contributed by atoms with E-state index in [4.69, 9.17) is 0 Å². The fourth-order valence-corrected chi connectivity index (χ4v) is 10.9. The third-order valence-corrected chi connectivity index (χ3v) is 13.3. The van der Waals surface area contributed by atoms with Gasteiger partial charge in [-0.1, -0.05) is 78.5 Å². The summed E-state index contributed by atoms with van der Waals surface area (Å²) in [6, 6.07) is 22.2. The Labute approximate surface area is 324 Å². The number of piperidine rings is 1. The lowest BCUT2D eigenvalue weighted by Gasteiger charge is -2.41. The highest BCUT2D eigenvalue weighted by Gasteiger charge is 2.53. The molecule has 2 N–H and O–H groups in total. The van der Waals surface area contributed by atoms with Crippen molar-refractivity contribution in [2.24, 2.45) is 10.2 Å². The number of nitrogens with zero attached hydrogens (tertiary/aromatic N) is 4. The second kappa shape index (κ2) is 15.2. The number of hydrogen-bond acceptors (Lipinski definition) is 8. The molecule has 4 aliphatic heterocycles. The lowest BCUT2D eigenvalue weighted by molar-refractivity contribution is -0.138. The van der Waals surface area contributed by atoms with Crippen molar-refractivity contribution in [3.63, 3.8) is 0 Å². The van der Waals surface area contributed by atoms with Gasteiger partial charge >= 0.3 is 0 Å². The number of aryl methyl sites for hydroxylation is 1. The topological polar surface area (TPSA) is 89.4 Å². The van der Waals surface area contributed by atoms with E-state index in [0.717, 1.165) is 98.2 Å². The second-order valence-corrected chi connectivity index (χ2v) is 16.6. The summed E-state index contributed by atoms with van der Waals surface area (Å²) in [5.74, 6) is -2.51. The average molecular weight is 787 g/mol. The van der Waals surface area contributed by atoms with E-state index in [9.17, 15) is 27.2 Å². The van der Waals surface area contributed by atoms with Gasteiger partial charge in [0.05, 0.1) is 6.04 Å². The third-order valence-electron chi connectivity index (χ3n) is 10.5. The molecule has 0 aromatic heterocycles. The van der Waals surface area contributed by atoms with Crippen LogP contribution < -0.4 is 10.6 Å². The highest BCUT2D eigenvalue weighted by atomic mass is 32.2. The molecule has 4 aromatic rings. The maximum Gasteiger partial charge on any atom is 0.261 e. The van der Waals surface area contributed by atoms with Gasteiger partial charge in [0.15, 0.2) is 4.87 Å². The minimum absolute atomic E-state index is 0.0659. The van der Waals surface area contributed by atoms with Crippen molar-refractivity contribution in [2.45, 2.75) is 67.8 Å². The van der Waals surface area contributed by atoms with Gasteiger partial charge in [0.1, 0.15) is 38.2 Å². The van der Waals surface area contributed by atoms with Crippen LogP contribution in [0.15, 0.2) is 95.1 Å². The summed E-state index contributed by atoms with van der Waals surface area (Å²) >= 11 is 2.65. The molecule has 4 heterocycles. The lowest BCUT2D eigenvalue weighted by Crippen LogP contribution is -2.52. The van der Waals surface area contributed by atoms with Crippen molar-refractivity contribution < 1.29 is 27.2 Å². The highest BCUT2D eigenvalue weighted by molar-refractivity contribution is 8.15. The van der Waals surface area contributed by atoms with Crippen LogP contribution in [0.25, 0.3) is 0 Å². The Hall–Kier alpha value is -4.50. The number of halogens is 4. The number of amides is 2. The summed E-state index contributed by atoms with van der Waals surface area (Å²) in [6.07, 6.45) is 5.36. The Kier molecular flexibility index (Phi) is 10.3. The SMILES string of the molecule is CC(=O)N1N=C(c2cc(F)ccc2F)SC12CNCc1ccccc12.O=C([C@@H]1CCCCN1)N1N=C(c2cc(F)ccc2F)SC12CCCc1ccccc12. The van der Waals surface area contributed by atoms with Crippen LogP contribution in [0.4, 0.5) is 17.6 Å². The van der Waals surface area contributed by atoms with Gasteiger partial charge < -0.3 is 10.6 Å². The quantitative estimate of drug-likeness (QED) is 0.207. The molecule has 0 bridgehead atoms. The third kappa shape index (κ3) is 6.87. The van der Waals surface area contributed by atoms with E-state index in [0.29, 0.717) is 23.2 Å². The van der Waals surface area contributed by atoms with Crippen LogP contribution in [-0.4, -0.2) is 51.1 Å². The van der Waals surface area contributed by atoms with Gasteiger partial charge in [-0.3, -0.25) is 9.59 Å². The van der Waals surface area contributed by atoms with Crippen LogP contribution >= 0.6 is 23.5 Å². The maximum absolute atomic E-state index is 14.6. The predicted molar refractivity (Wildman–Crippen MR) is 207 cm³/mol. The minimum Gasteiger partial charge on any atom is -0.309 e. The van der Waals surface area contributed by atoms with E-state index >= 15 is 0 Å². The fourth-order valence-electron chi connectivity index (χ4n) is 7.99. The van der Waals surface area contributed by atoms with Crippen LogP contribution in [0.3, 0.4) is 0 Å². The highest BCUT2D eigenvalue weighted by Crippen LogP contribution is 2.54. The molecule has 9 rings (SSSR count). The molecule has 1 saturated heterocycles. The molecule has 5 aliphatic rings. The monoisotopic (exact) mass is 786 g/mol. The standard InChI is InChI=1S/C23H23F2N3OS.C18H15F2N3OS/c24-16-10-11-19(25)17(14-16)21-27-28(22(29)20-9-3-4-13-26-20)23(30-21)12-5-7-15-6-1-2-8-18(15)23;1-11(24)23-18(10-21-9-12-4-2-3-5-15(12)18)25-17(22-23)14-8-13(19)6-7-16(14)20/h1-2,6,8,10-11,14,20,26H,3-5,7,9,12-13H2;2-8,21H,9-10H2,1H3/t20-,23?;/m0./s1. The molecular weight excluding hydrogens is 749 g/mol. The number of carbonyl (C=O) groups is 2. The summed E-state index contributed by atoms with van der Waals surface area (Å²) in [5.41, 5.74) is 4.42. The van der Waals surface area contributed by atoms with Crippen LogP contribution in [0.2, 0.25) is 0 Å². The first-order valence-corrected chi connectivity index (χ1v) is 19.9. The second-order valence-electron chi connectivity index (χ2n) is 14.1. The summed E-state index contributed by atoms with van der Waals surface area (Å²) in [7, 11) is 0. The first kappa shape index (κ1) is 37.4. The lowest BCUT2D eigenvalue weighted by atomic mass is 9.86. The van der Waals surface area contributed by atoms with Crippen LogP contribution in [0, 0.1) is 23.3 Å². The van der Waals surface area contributed by atoms with Crippen molar-refractivity contribution >= 4 is 45.4 Å². The maximum atomic E-state index is 14.6. The van der Waals surface area contributed by atoms with Gasteiger partial charge in [-0.05, 0) is 97.3 Å². The van der Waals surface area contributed by atoms with E-state index in [1.165, 1.54) is 41.0 Å². The molecule has 1 aliphatic carbocycles. The molecule has 3 atom stereocenters. The van der Waals surface area contributed by atoms with Crippen LogP contribution in [-0.2, 0) is 32.3 Å². The molecule has 55 heavy (non-hydrogen) atoms. The van der Waals surface area contributed by atoms with Crippen molar-refractivity contribution in [1.29, 1.82) is 0 Å². The Bertz CT molecular complexity index is 2230. The van der Waals surface area contributed by atoms with Crippen molar-refractivity contribution in [2.75, 3.05) is 13.1 Å². The van der Waals surface area contributed by atoms with Gasteiger partial charge in [-0.25, -0.2) is 27.6 Å². The molecular formula is C41H38F4N6O2S2. The molecule has 0 radical (unpaired) electrons. The van der Waals surface area contributed by atoms with Crippen molar-refractivity contribution in [1.82, 2.24) is 20.7 Å². The number of fused-ring (bicyclic) bond motifs is 4. The normalized spacial score (nSPS) is 24.1. The number of hydrogen-bond donors (Lipinski definition) is 2. The molecule has 2 amide bonds. The van der Waals surface area contributed by atoms with Crippen LogP contribution in [0.1, 0.15) is 72.4 Å². The van der Waals surface area contributed by atoms with Gasteiger partial charge in [0.2, 0.25) is 5.91 Å². The predicted octanol–water partition coefficient (Wildman–Crippen LogP) is 7.71. The molecule has 1 fully saturated rings. The smallest absolute Gasteiger partial charge is 0.261 e. The minimum atomic E-state index is -0.797. The molecule has 4 aromatic carbocycles. The van der Waals surface area contributed by atoms with E-state index in [1.54, 1.807) is 5.01 Å². The first-order chi connectivity index (χ1) is 26.6. The number of thioether (sulfide) groups is 2. The summed E-state index contributed by atoms with van der Waals surface area (Å²) in [6.45, 7) is 3.38. The fraction of sp³-hybridized carbons (Fsp3) is 0.317. The molecule has 2 spiro atoms. The number of carbonyl (C=O) groups excluding carboxylic acids is 2. The number of benzene rings is 4. The molecule has 284 valence electrons. The van der Waals surface area contributed by atoms with E-state index in [2.05, 4.69) is 26.9 Å². The van der Waals surface area contributed by atoms with E-state index in [1.807, 2.05) is 42.5 Å². The van der Waals surface area contributed by atoms with Gasteiger partial charge in [-0.15, -0.1) is 0 Å². The van der Waals surface area contributed by atoms with E-state index in [-0.39, 0.29) is 29.0 Å². The van der Waals surface area contributed by atoms with Gasteiger partial charge in [0.25, 0.3) is 5.91 Å². The summed E-state index contributed by atoms with van der Waals surface area (Å²) in [4.78, 5) is 24.3. The Balaban J connectivity index is 0.000000158. The zero-order valence-corrected chi connectivity index (χ0v) is 31.6.